The van der Waals surface area contributed by atoms with Gasteiger partial charge >= 0.3 is 0 Å². The summed E-state index contributed by atoms with van der Waals surface area (Å²) in [6.07, 6.45) is 0. The van der Waals surface area contributed by atoms with E-state index in [1.54, 1.807) is 24.3 Å². The summed E-state index contributed by atoms with van der Waals surface area (Å²) in [5.41, 5.74) is 4.35. The van der Waals surface area contributed by atoms with Crippen molar-refractivity contribution in [2.24, 2.45) is 0 Å². The number of nitrogens with one attached hydrogen (secondary N) is 2. The Morgan fingerprint density at radius 2 is 1.83 bits per heavy atom. The van der Waals surface area contributed by atoms with Crippen molar-refractivity contribution in [2.45, 2.75) is 4.90 Å². The number of hydrazine groups is 1. The number of nitrogens with zero attached hydrogens (tertiary/aromatic N) is 1. The van der Waals surface area contributed by atoms with Gasteiger partial charge in [-0.3, -0.25) is 30.6 Å². The quantitative estimate of drug-likeness (QED) is 0.482. The Morgan fingerprint density at radius 3 is 2.50 bits per heavy atom. The molecule has 2 rings (SSSR count). The molecule has 0 aliphatic carbocycles. The van der Waals surface area contributed by atoms with E-state index < -0.39 is 16.7 Å². The zero-order valence-electron chi connectivity index (χ0n) is 12.2. The Morgan fingerprint density at radius 1 is 1.12 bits per heavy atom. The molecule has 0 saturated heterocycles. The third-order valence-electron chi connectivity index (χ3n) is 2.82. The predicted molar refractivity (Wildman–Crippen MR) is 90.9 cm³/mol. The number of carbonyl (C=O) groups excluding carboxylic acids is 2. The Bertz CT molecular complexity index is 768. The van der Waals surface area contributed by atoms with Crippen molar-refractivity contribution < 1.29 is 14.5 Å². The largest absolute Gasteiger partial charge is 0.272 e. The summed E-state index contributed by atoms with van der Waals surface area (Å²) in [4.78, 5) is 34.5. The summed E-state index contributed by atoms with van der Waals surface area (Å²) in [5, 5.41) is 11.3. The summed E-state index contributed by atoms with van der Waals surface area (Å²) < 4.78 is 0. The number of hydrogen-bond acceptors (Lipinski definition) is 5. The monoisotopic (exact) mass is 365 g/mol. The number of halogens is 1. The highest BCUT2D eigenvalue weighted by Crippen LogP contribution is 2.19. The molecule has 0 radical (unpaired) electrons. The summed E-state index contributed by atoms with van der Waals surface area (Å²) in [7, 11) is 0. The Labute approximate surface area is 146 Å². The first-order valence-corrected chi connectivity index (χ1v) is 8.04. The number of nitro groups is 1. The second-order valence-electron chi connectivity index (χ2n) is 4.55. The van der Waals surface area contributed by atoms with E-state index in [2.05, 4.69) is 10.9 Å². The van der Waals surface area contributed by atoms with Crippen molar-refractivity contribution in [3.8, 4) is 0 Å². The lowest BCUT2D eigenvalue weighted by Crippen LogP contribution is -2.42. The van der Waals surface area contributed by atoms with E-state index in [1.807, 2.05) is 0 Å². The van der Waals surface area contributed by atoms with Gasteiger partial charge in [0.15, 0.2) is 0 Å². The van der Waals surface area contributed by atoms with Crippen LogP contribution in [0.25, 0.3) is 0 Å². The van der Waals surface area contributed by atoms with Crippen molar-refractivity contribution in [2.75, 3.05) is 5.75 Å². The van der Waals surface area contributed by atoms with E-state index in [1.165, 1.54) is 30.0 Å². The molecule has 0 heterocycles. The summed E-state index contributed by atoms with van der Waals surface area (Å²) in [6, 6.07) is 12.2. The minimum atomic E-state index is -0.636. The van der Waals surface area contributed by atoms with Crippen LogP contribution in [0, 0.1) is 10.1 Å². The van der Waals surface area contributed by atoms with E-state index in [9.17, 15) is 19.7 Å². The van der Waals surface area contributed by atoms with Gasteiger partial charge in [-0.25, -0.2) is 0 Å². The van der Waals surface area contributed by atoms with Gasteiger partial charge in [0.1, 0.15) is 0 Å². The molecule has 2 N–H and O–H groups in total. The maximum atomic E-state index is 11.9. The van der Waals surface area contributed by atoms with Crippen LogP contribution >= 0.6 is 23.4 Å². The minimum absolute atomic E-state index is 0.0786. The van der Waals surface area contributed by atoms with Gasteiger partial charge in [0.05, 0.1) is 10.7 Å². The fourth-order valence-corrected chi connectivity index (χ4v) is 2.50. The molecule has 2 aromatic rings. The van der Waals surface area contributed by atoms with Gasteiger partial charge in [-0.05, 0) is 30.3 Å². The Kier molecular flexibility index (Phi) is 6.16. The molecule has 0 atom stereocenters. The van der Waals surface area contributed by atoms with E-state index in [0.29, 0.717) is 5.02 Å². The van der Waals surface area contributed by atoms with Crippen LogP contribution in [0.5, 0.6) is 0 Å². The second kappa shape index (κ2) is 8.32. The molecule has 2 aromatic carbocycles. The van der Waals surface area contributed by atoms with Crippen molar-refractivity contribution >= 4 is 40.9 Å². The maximum Gasteiger partial charge on any atom is 0.270 e. The lowest BCUT2D eigenvalue weighted by Gasteiger charge is -2.07. The first-order valence-electron chi connectivity index (χ1n) is 6.68. The number of rotatable bonds is 5. The van der Waals surface area contributed by atoms with Crippen LogP contribution in [0.1, 0.15) is 10.4 Å². The predicted octanol–water partition coefficient (Wildman–Crippen LogP) is 2.80. The molecule has 0 spiro atoms. The zero-order valence-corrected chi connectivity index (χ0v) is 13.8. The molecular weight excluding hydrogens is 354 g/mol. The van der Waals surface area contributed by atoms with Crippen molar-refractivity contribution in [3.63, 3.8) is 0 Å². The SMILES string of the molecule is O=C(CSc1ccc(Cl)cc1)NNC(=O)c1cccc([N+](=O)[O-])c1. The highest BCUT2D eigenvalue weighted by Gasteiger charge is 2.12. The third-order valence-corrected chi connectivity index (χ3v) is 4.08. The van der Waals surface area contributed by atoms with Crippen molar-refractivity contribution in [1.82, 2.24) is 10.9 Å². The van der Waals surface area contributed by atoms with Gasteiger partial charge in [-0.1, -0.05) is 17.7 Å². The lowest BCUT2D eigenvalue weighted by atomic mass is 10.2. The molecule has 0 aromatic heterocycles. The van der Waals surface area contributed by atoms with Gasteiger partial charge in [0.2, 0.25) is 5.91 Å². The molecule has 124 valence electrons. The number of carbonyl (C=O) groups is 2. The number of thioether (sulfide) groups is 1. The summed E-state index contributed by atoms with van der Waals surface area (Å²) in [6.45, 7) is 0. The fraction of sp³-hybridized carbons (Fsp3) is 0.0667. The average Bonchev–Trinajstić information content (AvgIpc) is 2.59. The van der Waals surface area contributed by atoms with E-state index >= 15 is 0 Å². The molecule has 0 unspecified atom stereocenters. The van der Waals surface area contributed by atoms with E-state index in [4.69, 9.17) is 11.6 Å². The van der Waals surface area contributed by atoms with Gasteiger partial charge in [0.25, 0.3) is 11.6 Å². The molecule has 0 aliphatic heterocycles. The van der Waals surface area contributed by atoms with Crippen LogP contribution < -0.4 is 10.9 Å². The molecule has 24 heavy (non-hydrogen) atoms. The maximum absolute atomic E-state index is 11.9. The molecule has 0 bridgehead atoms. The van der Waals surface area contributed by atoms with Gasteiger partial charge in [-0.15, -0.1) is 11.8 Å². The first kappa shape index (κ1) is 17.8. The van der Waals surface area contributed by atoms with Crippen LogP contribution in [0.3, 0.4) is 0 Å². The molecule has 0 fully saturated rings. The smallest absolute Gasteiger partial charge is 0.270 e. The summed E-state index contributed by atoms with van der Waals surface area (Å²) in [5.74, 6) is -0.950. The van der Waals surface area contributed by atoms with Gasteiger partial charge < -0.3 is 0 Å². The summed E-state index contributed by atoms with van der Waals surface area (Å²) >= 11 is 7.05. The standard InChI is InChI=1S/C15H12ClN3O4S/c16-11-4-6-13(7-5-11)24-9-14(20)17-18-15(21)10-2-1-3-12(8-10)19(22)23/h1-8H,9H2,(H,17,20)(H,18,21). The molecule has 7 nitrogen and oxygen atoms in total. The fourth-order valence-electron chi connectivity index (χ4n) is 1.68. The van der Waals surface area contributed by atoms with Crippen LogP contribution in [0.4, 0.5) is 5.69 Å². The lowest BCUT2D eigenvalue weighted by molar-refractivity contribution is -0.384. The van der Waals surface area contributed by atoms with Crippen LogP contribution in [-0.4, -0.2) is 22.5 Å². The van der Waals surface area contributed by atoms with Crippen molar-refractivity contribution in [3.05, 3.63) is 69.2 Å². The topological polar surface area (TPSA) is 101 Å². The number of amides is 2. The average molecular weight is 366 g/mol. The third kappa shape index (κ3) is 5.25. The zero-order chi connectivity index (χ0) is 17.5. The number of non-ortho nitro benzene ring substituents is 1. The van der Waals surface area contributed by atoms with Crippen LogP contribution in [0.15, 0.2) is 53.4 Å². The normalized spacial score (nSPS) is 10.0. The number of hydrogen-bond donors (Lipinski definition) is 2. The second-order valence-corrected chi connectivity index (χ2v) is 6.04. The Hall–Kier alpha value is -2.58. The molecular formula is C15H12ClN3O4S. The highest BCUT2D eigenvalue weighted by atomic mass is 35.5. The minimum Gasteiger partial charge on any atom is -0.272 e. The molecule has 0 saturated carbocycles. The van der Waals surface area contributed by atoms with E-state index in [0.717, 1.165) is 11.0 Å². The van der Waals surface area contributed by atoms with Crippen molar-refractivity contribution in [1.29, 1.82) is 0 Å². The van der Waals surface area contributed by atoms with Crippen LogP contribution in [-0.2, 0) is 4.79 Å². The van der Waals surface area contributed by atoms with Gasteiger partial charge in [-0.2, -0.15) is 0 Å². The molecule has 0 aliphatic rings. The molecule has 2 amide bonds. The number of nitro benzene ring substituents is 1. The highest BCUT2D eigenvalue weighted by molar-refractivity contribution is 8.00. The first-order chi connectivity index (χ1) is 11.5. The Balaban J connectivity index is 1.82. The number of benzene rings is 2. The van der Waals surface area contributed by atoms with E-state index in [-0.39, 0.29) is 17.0 Å². The van der Waals surface area contributed by atoms with Crippen LogP contribution in [0.2, 0.25) is 5.02 Å². The molecule has 9 heteroatoms. The van der Waals surface area contributed by atoms with Gasteiger partial charge in [0, 0.05) is 27.6 Å².